The number of aliphatic hydroxyl groups is 2. The van der Waals surface area contributed by atoms with Crippen LogP contribution in [0.1, 0.15) is 6.92 Å². The Balaban J connectivity index is 3.86. The lowest BCUT2D eigenvalue weighted by atomic mass is 10.3. The highest BCUT2D eigenvalue weighted by molar-refractivity contribution is 7.32. The van der Waals surface area contributed by atoms with E-state index in [0.717, 1.165) is 0 Å². The van der Waals surface area contributed by atoms with Crippen molar-refractivity contribution in [2.24, 2.45) is 0 Å². The minimum absolute atomic E-state index is 0.0183. The van der Waals surface area contributed by atoms with Crippen molar-refractivity contribution in [3.63, 3.8) is 0 Å². The highest BCUT2D eigenvalue weighted by atomic mass is 31.1. The molecule has 0 aliphatic heterocycles. The van der Waals surface area contributed by atoms with Gasteiger partial charge in [-0.15, -0.1) is 9.42 Å². The summed E-state index contributed by atoms with van der Waals surface area (Å²) in [6.07, 6.45) is 0. The molecule has 0 aromatic carbocycles. The first-order chi connectivity index (χ1) is 6.61. The van der Waals surface area contributed by atoms with E-state index in [0.29, 0.717) is 13.1 Å². The summed E-state index contributed by atoms with van der Waals surface area (Å²) in [7, 11) is -2.58. The van der Waals surface area contributed by atoms with Crippen molar-refractivity contribution in [3.8, 4) is 0 Å². The minimum Gasteiger partial charge on any atom is -0.395 e. The maximum Gasteiger partial charge on any atom is 0.694 e. The molecule has 0 aliphatic rings. The summed E-state index contributed by atoms with van der Waals surface area (Å²) in [6.45, 7) is 2.68. The molecule has 6 nitrogen and oxygen atoms in total. The number of rotatable bonds is 8. The highest BCUT2D eigenvalue weighted by Gasteiger charge is 2.19. The third-order valence-corrected chi connectivity index (χ3v) is 2.19. The van der Waals surface area contributed by atoms with Crippen LogP contribution in [0.4, 0.5) is 0 Å². The molecule has 0 amide bonds. The van der Waals surface area contributed by atoms with Gasteiger partial charge in [-0.05, 0) is 6.92 Å². The summed E-state index contributed by atoms with van der Waals surface area (Å²) in [5, 5.41) is 17.4. The van der Waals surface area contributed by atoms with Crippen LogP contribution in [0.25, 0.3) is 0 Å². The van der Waals surface area contributed by atoms with Crippen LogP contribution in [0, 0.1) is 0 Å². The van der Waals surface area contributed by atoms with Crippen molar-refractivity contribution in [2.75, 3.05) is 32.9 Å². The molecule has 2 unspecified atom stereocenters. The van der Waals surface area contributed by atoms with Gasteiger partial charge >= 0.3 is 8.25 Å². The lowest BCUT2D eigenvalue weighted by molar-refractivity contribution is 0.0984. The zero-order valence-corrected chi connectivity index (χ0v) is 9.06. The van der Waals surface area contributed by atoms with Gasteiger partial charge in [-0.3, -0.25) is 4.90 Å². The topological polar surface area (TPSA) is 90.2 Å². The van der Waals surface area contributed by atoms with Crippen LogP contribution < -0.4 is 0 Å². The monoisotopic (exact) mass is 226 g/mol. The van der Waals surface area contributed by atoms with Gasteiger partial charge < -0.3 is 10.2 Å². The molecule has 0 fully saturated rings. The fourth-order valence-corrected chi connectivity index (χ4v) is 1.43. The van der Waals surface area contributed by atoms with E-state index in [-0.39, 0.29) is 25.9 Å². The smallest absolute Gasteiger partial charge is 0.395 e. The maximum absolute atomic E-state index is 10.3. The summed E-state index contributed by atoms with van der Waals surface area (Å²) in [5.74, 6) is 0. The summed E-state index contributed by atoms with van der Waals surface area (Å²) in [4.78, 5) is 10.2. The molecule has 0 radical (unpaired) electrons. The number of hydrogen-bond donors (Lipinski definition) is 3. The second-order valence-corrected chi connectivity index (χ2v) is 3.60. The standard InChI is InChI=1S/C7H16NO5P/c1-7(6-13-14(11)12)8(2-4-9)3-5-10/h7,9-10H,2-6H2,1H3/p+1. The lowest BCUT2D eigenvalue weighted by Gasteiger charge is -2.25. The molecule has 0 spiro atoms. The molecule has 84 valence electrons. The van der Waals surface area contributed by atoms with Gasteiger partial charge in [-0.25, -0.2) is 0 Å². The molecule has 0 aromatic heterocycles. The Morgan fingerprint density at radius 1 is 1.36 bits per heavy atom. The van der Waals surface area contributed by atoms with Gasteiger partial charge in [0.25, 0.3) is 0 Å². The van der Waals surface area contributed by atoms with Gasteiger partial charge in [0, 0.05) is 23.7 Å². The van der Waals surface area contributed by atoms with Crippen LogP contribution >= 0.6 is 8.25 Å². The SMILES string of the molecule is CC(CO[P+](=O)O)N(CCO)CCO. The van der Waals surface area contributed by atoms with Gasteiger partial charge in [0.2, 0.25) is 0 Å². The molecular weight excluding hydrogens is 209 g/mol. The zero-order valence-electron chi connectivity index (χ0n) is 8.17. The Morgan fingerprint density at radius 2 is 1.86 bits per heavy atom. The van der Waals surface area contributed by atoms with Crippen molar-refractivity contribution in [1.29, 1.82) is 0 Å². The van der Waals surface area contributed by atoms with Crippen LogP contribution in [0.2, 0.25) is 0 Å². The Labute approximate surface area is 84.1 Å². The highest BCUT2D eigenvalue weighted by Crippen LogP contribution is 2.15. The van der Waals surface area contributed by atoms with Crippen LogP contribution in [0.15, 0.2) is 0 Å². The molecule has 2 atom stereocenters. The first-order valence-corrected chi connectivity index (χ1v) is 5.49. The molecule has 0 heterocycles. The molecule has 0 saturated heterocycles. The predicted molar refractivity (Wildman–Crippen MR) is 51.0 cm³/mol. The van der Waals surface area contributed by atoms with Crippen molar-refractivity contribution >= 4 is 8.25 Å². The summed E-state index contributed by atoms with van der Waals surface area (Å²) in [5.41, 5.74) is 0. The average molecular weight is 226 g/mol. The van der Waals surface area contributed by atoms with E-state index in [2.05, 4.69) is 4.52 Å². The Hall–Kier alpha value is -0.100. The van der Waals surface area contributed by atoms with E-state index in [4.69, 9.17) is 15.1 Å². The van der Waals surface area contributed by atoms with Crippen molar-refractivity contribution in [2.45, 2.75) is 13.0 Å². The van der Waals surface area contributed by atoms with Crippen LogP contribution in [-0.2, 0) is 9.09 Å². The van der Waals surface area contributed by atoms with Crippen LogP contribution in [0.5, 0.6) is 0 Å². The van der Waals surface area contributed by atoms with Crippen LogP contribution in [0.3, 0.4) is 0 Å². The van der Waals surface area contributed by atoms with Gasteiger partial charge in [0.15, 0.2) is 0 Å². The van der Waals surface area contributed by atoms with Gasteiger partial charge in [-0.2, -0.15) is 0 Å². The quantitative estimate of drug-likeness (QED) is 0.475. The van der Waals surface area contributed by atoms with E-state index in [1.165, 1.54) is 0 Å². The maximum atomic E-state index is 10.3. The first-order valence-electron chi connectivity index (χ1n) is 4.36. The Kier molecular flexibility index (Phi) is 8.17. The minimum atomic E-state index is -2.58. The molecular formula is C7H17NO5P+. The van der Waals surface area contributed by atoms with E-state index in [1.54, 1.807) is 11.8 Å². The lowest BCUT2D eigenvalue weighted by Crippen LogP contribution is -2.39. The molecule has 0 aromatic rings. The van der Waals surface area contributed by atoms with Crippen molar-refractivity contribution in [1.82, 2.24) is 4.90 Å². The molecule has 3 N–H and O–H groups in total. The largest absolute Gasteiger partial charge is 0.694 e. The van der Waals surface area contributed by atoms with Crippen molar-refractivity contribution in [3.05, 3.63) is 0 Å². The molecule has 14 heavy (non-hydrogen) atoms. The molecule has 0 rings (SSSR count). The first kappa shape index (κ1) is 13.9. The van der Waals surface area contributed by atoms with E-state index in [9.17, 15) is 4.57 Å². The van der Waals surface area contributed by atoms with Crippen LogP contribution in [-0.4, -0.2) is 59.0 Å². The molecule has 7 heteroatoms. The Bertz CT molecular complexity index is 162. The third kappa shape index (κ3) is 6.37. The summed E-state index contributed by atoms with van der Waals surface area (Å²) >= 11 is 0. The molecule has 0 bridgehead atoms. The van der Waals surface area contributed by atoms with E-state index >= 15 is 0 Å². The number of hydrogen-bond acceptors (Lipinski definition) is 5. The van der Waals surface area contributed by atoms with E-state index in [1.807, 2.05) is 0 Å². The fourth-order valence-electron chi connectivity index (χ4n) is 1.09. The third-order valence-electron chi connectivity index (χ3n) is 1.82. The Morgan fingerprint density at radius 3 is 2.21 bits per heavy atom. The summed E-state index contributed by atoms with van der Waals surface area (Å²) < 4.78 is 14.8. The zero-order chi connectivity index (χ0) is 11.0. The average Bonchev–Trinajstić information content (AvgIpc) is 2.14. The predicted octanol–water partition coefficient (Wildman–Crippen LogP) is -0.672. The fraction of sp³-hybridized carbons (Fsp3) is 1.00. The van der Waals surface area contributed by atoms with Gasteiger partial charge in [-0.1, -0.05) is 0 Å². The van der Waals surface area contributed by atoms with Gasteiger partial charge in [0.05, 0.1) is 13.2 Å². The second-order valence-electron chi connectivity index (χ2n) is 2.87. The summed E-state index contributed by atoms with van der Waals surface area (Å²) in [6, 6.07) is -0.111. The van der Waals surface area contributed by atoms with Gasteiger partial charge in [0.1, 0.15) is 6.61 Å². The normalized spacial score (nSPS) is 14.5. The second kappa shape index (κ2) is 8.23. The number of nitrogens with zero attached hydrogens (tertiary/aromatic N) is 1. The molecule has 0 aliphatic carbocycles. The van der Waals surface area contributed by atoms with E-state index < -0.39 is 8.25 Å². The number of aliphatic hydroxyl groups excluding tert-OH is 2. The van der Waals surface area contributed by atoms with Crippen molar-refractivity contribution < 1.29 is 24.2 Å². The molecule has 0 saturated carbocycles.